The first kappa shape index (κ1) is 21.4. The second-order valence-corrected chi connectivity index (χ2v) is 8.66. The molecular weight excluding hydrogens is 434 g/mol. The molecule has 2 N–H and O–H groups in total. The van der Waals surface area contributed by atoms with Crippen LogP contribution in [0.3, 0.4) is 0 Å². The highest BCUT2D eigenvalue weighted by Gasteiger charge is 2.38. The first-order valence-electron chi connectivity index (χ1n) is 11.0. The third-order valence-electron chi connectivity index (χ3n) is 6.83. The fraction of sp³-hybridized carbons (Fsp3) is 0.185. The zero-order chi connectivity index (χ0) is 21.8. The minimum atomic E-state index is -0.285. The Hall–Kier alpha value is -3.41. The number of aryl methyl sites for hydroxylation is 1. The van der Waals surface area contributed by atoms with E-state index in [0.717, 1.165) is 58.0 Å². The average Bonchev–Trinajstić information content (AvgIpc) is 3.31. The van der Waals surface area contributed by atoms with Crippen molar-refractivity contribution in [2.24, 2.45) is 11.7 Å². The fourth-order valence-electron chi connectivity index (χ4n) is 5.18. The van der Waals surface area contributed by atoms with E-state index in [9.17, 15) is 9.59 Å². The lowest BCUT2D eigenvalue weighted by Gasteiger charge is -2.26. The summed E-state index contributed by atoms with van der Waals surface area (Å²) in [4.78, 5) is 28.2. The zero-order valence-corrected chi connectivity index (χ0v) is 18.8. The minimum absolute atomic E-state index is 0. The summed E-state index contributed by atoms with van der Waals surface area (Å²) >= 11 is 0. The van der Waals surface area contributed by atoms with Gasteiger partial charge in [-0.25, -0.2) is 4.90 Å². The number of fused-ring (bicyclic) bond motifs is 4. The average molecular weight is 458 g/mol. The van der Waals surface area contributed by atoms with Crippen LogP contribution in [0.1, 0.15) is 17.7 Å². The van der Waals surface area contributed by atoms with Crippen molar-refractivity contribution in [3.05, 3.63) is 84.1 Å². The lowest BCUT2D eigenvalue weighted by molar-refractivity contribution is -0.119. The van der Waals surface area contributed by atoms with Crippen LogP contribution >= 0.6 is 12.4 Å². The summed E-state index contributed by atoms with van der Waals surface area (Å²) in [5, 5.41) is 3.09. The number of carbonyl (C=O) groups is 2. The van der Waals surface area contributed by atoms with Crippen LogP contribution in [0.25, 0.3) is 27.2 Å². The van der Waals surface area contributed by atoms with E-state index in [1.807, 2.05) is 60.7 Å². The number of nitrogens with two attached hydrogens (primary N) is 1. The molecule has 0 saturated carbocycles. The number of anilines is 1. The highest BCUT2D eigenvalue weighted by atomic mass is 35.5. The van der Waals surface area contributed by atoms with Gasteiger partial charge in [0.15, 0.2) is 0 Å². The van der Waals surface area contributed by atoms with E-state index in [-0.39, 0.29) is 24.2 Å². The largest absolute Gasteiger partial charge is 0.343 e. The lowest BCUT2D eigenvalue weighted by Crippen LogP contribution is -2.33. The van der Waals surface area contributed by atoms with Crippen LogP contribution < -0.4 is 10.6 Å². The molecule has 2 aliphatic rings. The van der Waals surface area contributed by atoms with E-state index in [2.05, 4.69) is 10.6 Å². The second kappa shape index (κ2) is 8.18. The van der Waals surface area contributed by atoms with Gasteiger partial charge in [-0.2, -0.15) is 0 Å². The Bertz CT molecular complexity index is 1450. The number of rotatable bonds is 3. The Kier molecular flexibility index (Phi) is 5.31. The van der Waals surface area contributed by atoms with Crippen molar-refractivity contribution < 1.29 is 9.59 Å². The smallest absolute Gasteiger partial charge is 0.266 e. The van der Waals surface area contributed by atoms with Crippen molar-refractivity contribution in [3.63, 3.8) is 0 Å². The normalized spacial score (nSPS) is 17.9. The maximum atomic E-state index is 13.6. The molecule has 4 aromatic rings. The van der Waals surface area contributed by atoms with Gasteiger partial charge in [0.1, 0.15) is 0 Å². The van der Waals surface area contributed by atoms with Gasteiger partial charge in [0.25, 0.3) is 11.8 Å². The highest BCUT2D eigenvalue weighted by molar-refractivity contribution is 6.44. The van der Waals surface area contributed by atoms with Gasteiger partial charge in [0, 0.05) is 23.7 Å². The Morgan fingerprint density at radius 3 is 2.52 bits per heavy atom. The molecule has 33 heavy (non-hydrogen) atoms. The lowest BCUT2D eigenvalue weighted by atomic mass is 9.95. The molecule has 0 radical (unpaired) electrons. The van der Waals surface area contributed by atoms with Crippen LogP contribution in [-0.4, -0.2) is 22.9 Å². The van der Waals surface area contributed by atoms with Crippen LogP contribution in [-0.2, 0) is 22.6 Å². The molecule has 6 heteroatoms. The summed E-state index contributed by atoms with van der Waals surface area (Å²) in [5.74, 6) is -0.197. The van der Waals surface area contributed by atoms with Crippen molar-refractivity contribution in [3.8, 4) is 0 Å². The summed E-state index contributed by atoms with van der Waals surface area (Å²) in [6.07, 6.45) is 3.25. The molecule has 0 spiro atoms. The number of amides is 2. The molecule has 1 atom stereocenters. The van der Waals surface area contributed by atoms with E-state index >= 15 is 0 Å². The second-order valence-electron chi connectivity index (χ2n) is 8.66. The molecule has 1 unspecified atom stereocenters. The van der Waals surface area contributed by atoms with Crippen molar-refractivity contribution in [2.75, 3.05) is 11.4 Å². The number of nitrogens with zero attached hydrogens (tertiary/aromatic N) is 2. The number of para-hydroxylation sites is 1. The predicted octanol–water partition coefficient (Wildman–Crippen LogP) is 4.69. The number of halogens is 1. The molecule has 2 aliphatic heterocycles. The summed E-state index contributed by atoms with van der Waals surface area (Å²) in [6, 6.07) is 21.9. The van der Waals surface area contributed by atoms with Gasteiger partial charge in [0.2, 0.25) is 0 Å². The van der Waals surface area contributed by atoms with Crippen LogP contribution in [0.15, 0.2) is 72.8 Å². The van der Waals surface area contributed by atoms with Gasteiger partial charge < -0.3 is 10.3 Å². The van der Waals surface area contributed by atoms with E-state index < -0.39 is 0 Å². The van der Waals surface area contributed by atoms with Gasteiger partial charge in [-0.15, -0.1) is 12.4 Å². The van der Waals surface area contributed by atoms with Gasteiger partial charge in [-0.1, -0.05) is 54.6 Å². The zero-order valence-electron chi connectivity index (χ0n) is 18.0. The molecule has 0 fully saturated rings. The summed E-state index contributed by atoms with van der Waals surface area (Å²) in [5.41, 5.74) is 10.0. The Labute approximate surface area is 197 Å². The van der Waals surface area contributed by atoms with Crippen LogP contribution in [0.4, 0.5) is 5.69 Å². The molecule has 5 nitrogen and oxygen atoms in total. The quantitative estimate of drug-likeness (QED) is 0.453. The van der Waals surface area contributed by atoms with Crippen LogP contribution in [0, 0.1) is 5.92 Å². The SMILES string of the molecule is Cl.NCC1CCn2c(c(N3C(=O)C=C(c4ccc5ccccc5c4)C3=O)c3ccccc32)C1. The Balaban J connectivity index is 0.00000228. The molecule has 0 bridgehead atoms. The number of hydrogen-bond donors (Lipinski definition) is 1. The molecule has 6 rings (SSSR count). The molecular formula is C27H24ClN3O2. The van der Waals surface area contributed by atoms with Crippen molar-refractivity contribution in [1.82, 2.24) is 4.57 Å². The third kappa shape index (κ3) is 3.27. The monoisotopic (exact) mass is 457 g/mol. The molecule has 2 amide bonds. The first-order valence-corrected chi connectivity index (χ1v) is 11.0. The Morgan fingerprint density at radius 1 is 0.939 bits per heavy atom. The third-order valence-corrected chi connectivity index (χ3v) is 6.83. The molecule has 3 heterocycles. The molecule has 3 aromatic carbocycles. The van der Waals surface area contributed by atoms with Gasteiger partial charge in [-0.05, 0) is 53.8 Å². The van der Waals surface area contributed by atoms with Crippen LogP contribution in [0.2, 0.25) is 0 Å². The van der Waals surface area contributed by atoms with E-state index in [1.165, 1.54) is 11.0 Å². The maximum Gasteiger partial charge on any atom is 0.266 e. The van der Waals surface area contributed by atoms with Gasteiger partial charge in [-0.3, -0.25) is 9.59 Å². The summed E-state index contributed by atoms with van der Waals surface area (Å²) in [7, 11) is 0. The van der Waals surface area contributed by atoms with Gasteiger partial charge >= 0.3 is 0 Å². The van der Waals surface area contributed by atoms with Crippen molar-refractivity contribution in [2.45, 2.75) is 19.4 Å². The van der Waals surface area contributed by atoms with Gasteiger partial charge in [0.05, 0.1) is 16.8 Å². The maximum absolute atomic E-state index is 13.6. The van der Waals surface area contributed by atoms with Crippen LogP contribution in [0.5, 0.6) is 0 Å². The molecule has 166 valence electrons. The Morgan fingerprint density at radius 2 is 1.70 bits per heavy atom. The number of imide groups is 1. The topological polar surface area (TPSA) is 68.3 Å². The minimum Gasteiger partial charge on any atom is -0.343 e. The highest BCUT2D eigenvalue weighted by Crippen LogP contribution is 2.41. The number of aromatic nitrogens is 1. The van der Waals surface area contributed by atoms with E-state index in [1.54, 1.807) is 0 Å². The van der Waals surface area contributed by atoms with Crippen molar-refractivity contribution in [1.29, 1.82) is 0 Å². The number of carbonyl (C=O) groups excluding carboxylic acids is 2. The predicted molar refractivity (Wildman–Crippen MR) is 134 cm³/mol. The number of benzene rings is 3. The molecule has 0 saturated heterocycles. The van der Waals surface area contributed by atoms with E-state index in [4.69, 9.17) is 5.73 Å². The standard InChI is InChI=1S/C27H23N3O2.ClH/c28-16-17-11-12-29-23-8-4-3-7-21(23)26(24(29)13-17)30-25(31)15-22(27(30)32)20-10-9-18-5-1-2-6-19(18)14-20;/h1-10,14-15,17H,11-13,16,28H2;1H. The number of hydrogen-bond acceptors (Lipinski definition) is 3. The molecule has 0 aliphatic carbocycles. The van der Waals surface area contributed by atoms with E-state index in [0.29, 0.717) is 18.0 Å². The summed E-state index contributed by atoms with van der Waals surface area (Å²) in [6.45, 7) is 1.45. The fourth-order valence-corrected chi connectivity index (χ4v) is 5.18. The van der Waals surface area contributed by atoms with Crippen molar-refractivity contribution >= 4 is 57.2 Å². The first-order chi connectivity index (χ1) is 15.7. The molecule has 1 aromatic heterocycles. The summed E-state index contributed by atoms with van der Waals surface area (Å²) < 4.78 is 2.26.